The third-order valence-electron chi connectivity index (χ3n) is 4.70. The number of rotatable bonds is 4. The summed E-state index contributed by atoms with van der Waals surface area (Å²) in [6.45, 7) is 0. The molecule has 2 atom stereocenters. The Bertz CT molecular complexity index is 910. The number of methoxy groups -OCH3 is 2. The van der Waals surface area contributed by atoms with Crippen molar-refractivity contribution < 1.29 is 9.47 Å². The van der Waals surface area contributed by atoms with E-state index in [9.17, 15) is 0 Å². The molecule has 0 spiro atoms. The van der Waals surface area contributed by atoms with Gasteiger partial charge in [-0.25, -0.2) is 4.68 Å². The zero-order valence-electron chi connectivity index (χ0n) is 14.5. The van der Waals surface area contributed by atoms with E-state index in [2.05, 4.69) is 68.3 Å². The van der Waals surface area contributed by atoms with Crippen molar-refractivity contribution in [1.29, 1.82) is 0 Å². The SMILES string of the molecule is COc1ccc(C2CC(c3ccc(I)cc3)Nc3ncnn32)cc1OC. The molecule has 2 unspecified atom stereocenters. The van der Waals surface area contributed by atoms with E-state index in [0.717, 1.165) is 29.4 Å². The molecule has 0 saturated carbocycles. The predicted molar refractivity (Wildman–Crippen MR) is 108 cm³/mol. The number of nitrogens with one attached hydrogen (secondary N) is 1. The van der Waals surface area contributed by atoms with Crippen LogP contribution in [-0.4, -0.2) is 29.0 Å². The molecule has 1 aliphatic heterocycles. The van der Waals surface area contributed by atoms with Crippen LogP contribution in [0.3, 0.4) is 0 Å². The first-order valence-electron chi connectivity index (χ1n) is 8.33. The van der Waals surface area contributed by atoms with Gasteiger partial charge in [-0.05, 0) is 64.4 Å². The first-order valence-corrected chi connectivity index (χ1v) is 9.41. The number of fused-ring (bicyclic) bond motifs is 1. The topological polar surface area (TPSA) is 61.2 Å². The summed E-state index contributed by atoms with van der Waals surface area (Å²) < 4.78 is 14.0. The van der Waals surface area contributed by atoms with Crippen molar-refractivity contribution in [2.45, 2.75) is 18.5 Å². The molecule has 0 amide bonds. The standard InChI is InChI=1S/C19H19IN4O2/c1-25-17-8-5-13(9-18(17)26-2)16-10-15(12-3-6-14(20)7-4-12)23-19-21-11-22-24(16)19/h3-9,11,15-16H,10H2,1-2H3,(H,21,22,23). The monoisotopic (exact) mass is 462 g/mol. The Balaban J connectivity index is 1.72. The van der Waals surface area contributed by atoms with Crippen LogP contribution in [0, 0.1) is 3.57 Å². The zero-order chi connectivity index (χ0) is 18.1. The van der Waals surface area contributed by atoms with E-state index in [1.807, 2.05) is 16.8 Å². The number of ether oxygens (including phenoxy) is 2. The van der Waals surface area contributed by atoms with E-state index < -0.39 is 0 Å². The molecule has 0 aliphatic carbocycles. The largest absolute Gasteiger partial charge is 0.493 e. The molecule has 0 bridgehead atoms. The predicted octanol–water partition coefficient (Wildman–Crippen LogP) is 4.05. The van der Waals surface area contributed by atoms with Gasteiger partial charge in [-0.2, -0.15) is 10.1 Å². The van der Waals surface area contributed by atoms with Crippen molar-refractivity contribution in [2.75, 3.05) is 19.5 Å². The van der Waals surface area contributed by atoms with Crippen molar-refractivity contribution in [1.82, 2.24) is 14.8 Å². The molecule has 2 heterocycles. The van der Waals surface area contributed by atoms with E-state index in [-0.39, 0.29) is 12.1 Å². The number of aromatic nitrogens is 3. The molecule has 0 radical (unpaired) electrons. The quantitative estimate of drug-likeness (QED) is 0.593. The van der Waals surface area contributed by atoms with Crippen molar-refractivity contribution in [3.8, 4) is 11.5 Å². The molecule has 3 aromatic rings. The number of halogens is 1. The summed E-state index contributed by atoms with van der Waals surface area (Å²) in [5.41, 5.74) is 2.36. The van der Waals surface area contributed by atoms with Gasteiger partial charge in [0.15, 0.2) is 11.5 Å². The molecule has 4 rings (SSSR count). The smallest absolute Gasteiger partial charge is 0.222 e. The fourth-order valence-corrected chi connectivity index (χ4v) is 3.73. The van der Waals surface area contributed by atoms with Crippen molar-refractivity contribution in [2.24, 2.45) is 0 Å². The summed E-state index contributed by atoms with van der Waals surface area (Å²) in [5, 5.41) is 7.92. The Morgan fingerprint density at radius 1 is 1.04 bits per heavy atom. The average Bonchev–Trinajstić information content (AvgIpc) is 3.16. The molecule has 26 heavy (non-hydrogen) atoms. The molecular formula is C19H19IN4O2. The van der Waals surface area contributed by atoms with Gasteiger partial charge in [0.25, 0.3) is 0 Å². The first-order chi connectivity index (χ1) is 12.7. The minimum Gasteiger partial charge on any atom is -0.493 e. The third-order valence-corrected chi connectivity index (χ3v) is 5.41. The highest BCUT2D eigenvalue weighted by molar-refractivity contribution is 14.1. The molecule has 6 nitrogen and oxygen atoms in total. The molecule has 134 valence electrons. The van der Waals surface area contributed by atoms with E-state index in [0.29, 0.717) is 0 Å². The lowest BCUT2D eigenvalue weighted by Crippen LogP contribution is -2.28. The van der Waals surface area contributed by atoms with Gasteiger partial charge in [-0.15, -0.1) is 0 Å². The van der Waals surface area contributed by atoms with E-state index in [1.54, 1.807) is 20.5 Å². The van der Waals surface area contributed by atoms with E-state index in [1.165, 1.54) is 9.13 Å². The van der Waals surface area contributed by atoms with Crippen LogP contribution in [0.1, 0.15) is 29.6 Å². The fraction of sp³-hybridized carbons (Fsp3) is 0.263. The van der Waals surface area contributed by atoms with Gasteiger partial charge in [0.05, 0.1) is 26.3 Å². The highest BCUT2D eigenvalue weighted by Gasteiger charge is 2.30. The van der Waals surface area contributed by atoms with Crippen LogP contribution in [0.5, 0.6) is 11.5 Å². The van der Waals surface area contributed by atoms with Gasteiger partial charge < -0.3 is 14.8 Å². The molecule has 7 heteroatoms. The van der Waals surface area contributed by atoms with Crippen LogP contribution < -0.4 is 14.8 Å². The summed E-state index contributed by atoms with van der Waals surface area (Å²) in [6, 6.07) is 14.8. The third kappa shape index (κ3) is 3.11. The molecule has 1 N–H and O–H groups in total. The number of hydrogen-bond acceptors (Lipinski definition) is 5. The maximum Gasteiger partial charge on any atom is 0.222 e. The Hall–Kier alpha value is -2.29. The fourth-order valence-electron chi connectivity index (χ4n) is 3.37. The van der Waals surface area contributed by atoms with E-state index in [4.69, 9.17) is 9.47 Å². The second kappa shape index (κ2) is 7.14. The lowest BCUT2D eigenvalue weighted by atomic mass is 9.93. The van der Waals surface area contributed by atoms with Crippen LogP contribution in [0.15, 0.2) is 48.8 Å². The Labute approximate surface area is 165 Å². The lowest BCUT2D eigenvalue weighted by molar-refractivity contribution is 0.352. The van der Waals surface area contributed by atoms with Gasteiger partial charge in [-0.3, -0.25) is 0 Å². The maximum atomic E-state index is 5.48. The van der Waals surface area contributed by atoms with Crippen molar-refractivity contribution >= 4 is 28.5 Å². The van der Waals surface area contributed by atoms with Crippen molar-refractivity contribution in [3.63, 3.8) is 0 Å². The van der Waals surface area contributed by atoms with Gasteiger partial charge in [0.2, 0.25) is 5.95 Å². The van der Waals surface area contributed by atoms with Crippen LogP contribution in [0.25, 0.3) is 0 Å². The van der Waals surface area contributed by atoms with E-state index >= 15 is 0 Å². The molecule has 1 aromatic heterocycles. The number of anilines is 1. The van der Waals surface area contributed by atoms with Crippen LogP contribution in [-0.2, 0) is 0 Å². The Kier molecular flexibility index (Phi) is 4.71. The molecule has 2 aromatic carbocycles. The van der Waals surface area contributed by atoms with Gasteiger partial charge in [0, 0.05) is 3.57 Å². The van der Waals surface area contributed by atoms with Gasteiger partial charge in [-0.1, -0.05) is 18.2 Å². The van der Waals surface area contributed by atoms with Crippen LogP contribution >= 0.6 is 22.6 Å². The first kappa shape index (κ1) is 17.1. The molecule has 1 aliphatic rings. The highest BCUT2D eigenvalue weighted by atomic mass is 127. The minimum absolute atomic E-state index is 0.0674. The summed E-state index contributed by atoms with van der Waals surface area (Å²) in [4.78, 5) is 4.39. The summed E-state index contributed by atoms with van der Waals surface area (Å²) in [5.74, 6) is 2.22. The van der Waals surface area contributed by atoms with Crippen LogP contribution in [0.2, 0.25) is 0 Å². The number of nitrogens with zero attached hydrogens (tertiary/aromatic N) is 3. The Morgan fingerprint density at radius 2 is 1.77 bits per heavy atom. The number of benzene rings is 2. The summed E-state index contributed by atoms with van der Waals surface area (Å²) in [7, 11) is 3.30. The minimum atomic E-state index is 0.0674. The van der Waals surface area contributed by atoms with Gasteiger partial charge >= 0.3 is 0 Å². The Morgan fingerprint density at radius 3 is 2.50 bits per heavy atom. The molecular weight excluding hydrogens is 443 g/mol. The normalized spacial score (nSPS) is 18.7. The summed E-state index contributed by atoms with van der Waals surface area (Å²) in [6.07, 6.45) is 2.46. The van der Waals surface area contributed by atoms with Crippen LogP contribution in [0.4, 0.5) is 5.95 Å². The second-order valence-corrected chi connectivity index (χ2v) is 7.39. The second-order valence-electron chi connectivity index (χ2n) is 6.14. The highest BCUT2D eigenvalue weighted by Crippen LogP contribution is 2.39. The summed E-state index contributed by atoms with van der Waals surface area (Å²) >= 11 is 2.32. The molecule has 0 fully saturated rings. The maximum absolute atomic E-state index is 5.48. The lowest BCUT2D eigenvalue weighted by Gasteiger charge is -2.32. The van der Waals surface area contributed by atoms with Crippen molar-refractivity contribution in [3.05, 3.63) is 63.5 Å². The molecule has 0 saturated heterocycles. The zero-order valence-corrected chi connectivity index (χ0v) is 16.7. The average molecular weight is 462 g/mol. The number of hydrogen-bond donors (Lipinski definition) is 1. The van der Waals surface area contributed by atoms with Gasteiger partial charge in [0.1, 0.15) is 6.33 Å².